The third-order valence-corrected chi connectivity index (χ3v) is 3.89. The second-order valence-electron chi connectivity index (χ2n) is 5.26. The molecular weight excluding hydrogens is 224 g/mol. The van der Waals surface area contributed by atoms with Crippen LogP contribution in [-0.4, -0.2) is 32.3 Å². The first-order valence-corrected chi connectivity index (χ1v) is 7.13. The minimum absolute atomic E-state index is 0.643. The molecule has 2 heterocycles. The zero-order valence-electron chi connectivity index (χ0n) is 10.9. The Bertz CT molecular complexity index is 388. The number of hydrogen-bond acceptors (Lipinski definition) is 3. The van der Waals surface area contributed by atoms with Crippen LogP contribution in [0.3, 0.4) is 0 Å². The number of nitrogens with zero attached hydrogens (tertiary/aromatic N) is 1. The lowest BCUT2D eigenvalue weighted by atomic mass is 10.0. The lowest BCUT2D eigenvalue weighted by Crippen LogP contribution is -2.44. The molecule has 1 aromatic carbocycles. The number of hydrogen-bond donors (Lipinski definition) is 1. The van der Waals surface area contributed by atoms with Crippen molar-refractivity contribution in [1.29, 1.82) is 0 Å². The van der Waals surface area contributed by atoms with E-state index < -0.39 is 0 Å². The van der Waals surface area contributed by atoms with Gasteiger partial charge in [-0.3, -0.25) is 0 Å². The highest BCUT2D eigenvalue weighted by Gasteiger charge is 2.20. The smallest absolute Gasteiger partial charge is 0.142 e. The van der Waals surface area contributed by atoms with E-state index in [1.54, 1.807) is 0 Å². The highest BCUT2D eigenvalue weighted by Crippen LogP contribution is 2.30. The fourth-order valence-electron chi connectivity index (χ4n) is 2.93. The first-order valence-electron chi connectivity index (χ1n) is 7.13. The third-order valence-electron chi connectivity index (χ3n) is 3.89. The summed E-state index contributed by atoms with van der Waals surface area (Å²) >= 11 is 0. The molecule has 1 saturated heterocycles. The van der Waals surface area contributed by atoms with Gasteiger partial charge in [-0.2, -0.15) is 0 Å². The molecule has 2 aliphatic rings. The van der Waals surface area contributed by atoms with E-state index in [0.29, 0.717) is 6.04 Å². The maximum Gasteiger partial charge on any atom is 0.142 e. The quantitative estimate of drug-likeness (QED) is 0.867. The Hall–Kier alpha value is -1.22. The molecule has 0 amide bonds. The minimum atomic E-state index is 0.643. The fourth-order valence-corrected chi connectivity index (χ4v) is 2.93. The highest BCUT2D eigenvalue weighted by atomic mass is 16.5. The van der Waals surface area contributed by atoms with Gasteiger partial charge in [-0.05, 0) is 37.9 Å². The first kappa shape index (κ1) is 11.8. The van der Waals surface area contributed by atoms with E-state index in [0.717, 1.165) is 31.9 Å². The fraction of sp³-hybridized carbons (Fsp3) is 0.600. The number of para-hydroxylation sites is 2. The number of benzene rings is 1. The summed E-state index contributed by atoms with van der Waals surface area (Å²) in [6.07, 6.45) is 5.11. The van der Waals surface area contributed by atoms with Crippen LogP contribution < -0.4 is 15.0 Å². The Morgan fingerprint density at radius 1 is 1.22 bits per heavy atom. The molecule has 0 bridgehead atoms. The number of anilines is 1. The van der Waals surface area contributed by atoms with Gasteiger partial charge in [0.2, 0.25) is 0 Å². The van der Waals surface area contributed by atoms with Crippen molar-refractivity contribution in [3.05, 3.63) is 24.3 Å². The van der Waals surface area contributed by atoms with Crippen LogP contribution in [0.25, 0.3) is 0 Å². The van der Waals surface area contributed by atoms with Crippen molar-refractivity contribution < 1.29 is 4.74 Å². The van der Waals surface area contributed by atoms with Gasteiger partial charge in [0.1, 0.15) is 5.75 Å². The zero-order valence-corrected chi connectivity index (χ0v) is 10.9. The maximum absolute atomic E-state index is 5.81. The van der Waals surface area contributed by atoms with Gasteiger partial charge in [0.15, 0.2) is 0 Å². The SMILES string of the molecule is c1ccc2c(c1)OCCCN2CC1CCCCN1. The van der Waals surface area contributed by atoms with Crippen LogP contribution in [0.15, 0.2) is 24.3 Å². The first-order chi connectivity index (χ1) is 8.93. The standard InChI is InChI=1S/C15H22N2O/c1-2-8-15-14(7-1)17(10-5-11-18-15)12-13-6-3-4-9-16-13/h1-2,7-8,13,16H,3-6,9-12H2. The molecule has 98 valence electrons. The largest absolute Gasteiger partial charge is 0.491 e. The molecule has 0 aliphatic carbocycles. The van der Waals surface area contributed by atoms with E-state index in [-0.39, 0.29) is 0 Å². The van der Waals surface area contributed by atoms with Gasteiger partial charge in [0, 0.05) is 19.1 Å². The molecule has 0 spiro atoms. The Labute approximate surface area is 109 Å². The van der Waals surface area contributed by atoms with Crippen molar-refractivity contribution in [2.24, 2.45) is 0 Å². The minimum Gasteiger partial charge on any atom is -0.491 e. The Balaban J connectivity index is 1.74. The molecule has 3 nitrogen and oxygen atoms in total. The van der Waals surface area contributed by atoms with Gasteiger partial charge < -0.3 is 15.0 Å². The molecule has 0 aromatic heterocycles. The van der Waals surface area contributed by atoms with E-state index in [1.807, 2.05) is 0 Å². The molecule has 2 aliphatic heterocycles. The second kappa shape index (κ2) is 5.61. The molecule has 1 fully saturated rings. The summed E-state index contributed by atoms with van der Waals surface area (Å²) in [5, 5.41) is 3.64. The summed E-state index contributed by atoms with van der Waals surface area (Å²) in [4.78, 5) is 2.49. The lowest BCUT2D eigenvalue weighted by Gasteiger charge is -2.31. The van der Waals surface area contributed by atoms with Crippen LogP contribution in [0.1, 0.15) is 25.7 Å². The number of nitrogens with one attached hydrogen (secondary N) is 1. The predicted molar refractivity (Wildman–Crippen MR) is 74.4 cm³/mol. The molecule has 18 heavy (non-hydrogen) atoms. The van der Waals surface area contributed by atoms with Gasteiger partial charge in [-0.15, -0.1) is 0 Å². The van der Waals surface area contributed by atoms with Crippen LogP contribution in [0, 0.1) is 0 Å². The molecule has 1 aromatic rings. The van der Waals surface area contributed by atoms with E-state index in [9.17, 15) is 0 Å². The molecule has 3 heteroatoms. The topological polar surface area (TPSA) is 24.5 Å². The number of ether oxygens (including phenoxy) is 1. The Kier molecular flexibility index (Phi) is 3.69. The van der Waals surface area contributed by atoms with Crippen molar-refractivity contribution in [3.8, 4) is 5.75 Å². The predicted octanol–water partition coefficient (Wildman–Crippen LogP) is 2.42. The van der Waals surface area contributed by atoms with Crippen molar-refractivity contribution in [2.45, 2.75) is 31.7 Å². The van der Waals surface area contributed by atoms with Gasteiger partial charge in [-0.1, -0.05) is 18.6 Å². The molecule has 1 unspecified atom stereocenters. The molecule has 1 N–H and O–H groups in total. The van der Waals surface area contributed by atoms with E-state index in [1.165, 1.54) is 31.5 Å². The van der Waals surface area contributed by atoms with Crippen LogP contribution in [0.2, 0.25) is 0 Å². The van der Waals surface area contributed by atoms with Crippen molar-refractivity contribution in [3.63, 3.8) is 0 Å². The van der Waals surface area contributed by atoms with Gasteiger partial charge in [0.25, 0.3) is 0 Å². The van der Waals surface area contributed by atoms with Gasteiger partial charge >= 0.3 is 0 Å². The summed E-state index contributed by atoms with van der Waals surface area (Å²) in [6, 6.07) is 9.08. The van der Waals surface area contributed by atoms with Gasteiger partial charge in [0.05, 0.1) is 12.3 Å². The normalized spacial score (nSPS) is 24.0. The van der Waals surface area contributed by atoms with Crippen LogP contribution >= 0.6 is 0 Å². The van der Waals surface area contributed by atoms with E-state index in [4.69, 9.17) is 4.74 Å². The molecule has 3 rings (SSSR count). The molecular formula is C15H22N2O. The average Bonchev–Trinajstić information content (AvgIpc) is 2.63. The Morgan fingerprint density at radius 2 is 2.17 bits per heavy atom. The monoisotopic (exact) mass is 246 g/mol. The van der Waals surface area contributed by atoms with Gasteiger partial charge in [-0.25, -0.2) is 0 Å². The van der Waals surface area contributed by atoms with Crippen molar-refractivity contribution in [2.75, 3.05) is 31.1 Å². The summed E-state index contributed by atoms with van der Waals surface area (Å²) in [7, 11) is 0. The van der Waals surface area contributed by atoms with E-state index in [2.05, 4.69) is 34.5 Å². The highest BCUT2D eigenvalue weighted by molar-refractivity contribution is 5.59. The third kappa shape index (κ3) is 2.61. The average molecular weight is 246 g/mol. The molecule has 0 radical (unpaired) electrons. The summed E-state index contributed by atoms with van der Waals surface area (Å²) in [6.45, 7) is 4.23. The Morgan fingerprint density at radius 3 is 3.06 bits per heavy atom. The van der Waals surface area contributed by atoms with Crippen molar-refractivity contribution in [1.82, 2.24) is 5.32 Å². The van der Waals surface area contributed by atoms with E-state index >= 15 is 0 Å². The van der Waals surface area contributed by atoms with Crippen LogP contribution in [0.5, 0.6) is 5.75 Å². The molecule has 0 saturated carbocycles. The number of fused-ring (bicyclic) bond motifs is 1. The summed E-state index contributed by atoms with van der Waals surface area (Å²) in [5.74, 6) is 1.05. The van der Waals surface area contributed by atoms with Crippen LogP contribution in [0.4, 0.5) is 5.69 Å². The summed E-state index contributed by atoms with van der Waals surface area (Å²) < 4.78 is 5.81. The summed E-state index contributed by atoms with van der Waals surface area (Å²) in [5.41, 5.74) is 1.27. The van der Waals surface area contributed by atoms with Crippen LogP contribution in [-0.2, 0) is 0 Å². The zero-order chi connectivity index (χ0) is 12.2. The molecule has 1 atom stereocenters. The number of rotatable bonds is 2. The number of piperidine rings is 1. The van der Waals surface area contributed by atoms with Crippen molar-refractivity contribution >= 4 is 5.69 Å². The second-order valence-corrected chi connectivity index (χ2v) is 5.26. The maximum atomic E-state index is 5.81. The lowest BCUT2D eigenvalue weighted by molar-refractivity contribution is 0.322.